The van der Waals surface area contributed by atoms with Crippen LogP contribution in [0.1, 0.15) is 16.2 Å². The minimum Gasteiger partial charge on any atom is -0.480 e. The Morgan fingerprint density at radius 2 is 2.00 bits per heavy atom. The van der Waals surface area contributed by atoms with Crippen LogP contribution in [-0.4, -0.2) is 32.6 Å². The quantitative estimate of drug-likeness (QED) is 0.797. The zero-order valence-electron chi connectivity index (χ0n) is 13.4. The van der Waals surface area contributed by atoms with Gasteiger partial charge < -0.3 is 10.1 Å². The Labute approximate surface area is 137 Å². The number of nitrogens with zero attached hydrogens (tertiary/aromatic N) is 4. The molecule has 8 heteroatoms. The molecule has 1 aromatic carbocycles. The first-order valence-electron chi connectivity index (χ1n) is 7.20. The van der Waals surface area contributed by atoms with Gasteiger partial charge >= 0.3 is 0 Å². The van der Waals surface area contributed by atoms with Crippen molar-refractivity contribution in [3.05, 3.63) is 53.7 Å². The number of halogens is 1. The number of nitrogens with one attached hydrogen (secondary N) is 1. The Bertz CT molecular complexity index is 900. The summed E-state index contributed by atoms with van der Waals surface area (Å²) in [5.41, 5.74) is 1.52. The molecule has 24 heavy (non-hydrogen) atoms. The smallest absolute Gasteiger partial charge is 0.276 e. The van der Waals surface area contributed by atoms with Gasteiger partial charge in [0.25, 0.3) is 5.91 Å². The second kappa shape index (κ2) is 6.15. The Hall–Kier alpha value is -3.16. The molecular weight excluding hydrogens is 313 g/mol. The number of amides is 1. The van der Waals surface area contributed by atoms with E-state index in [-0.39, 0.29) is 11.4 Å². The van der Waals surface area contributed by atoms with Crippen molar-refractivity contribution in [3.63, 3.8) is 0 Å². The molecule has 124 valence electrons. The zero-order chi connectivity index (χ0) is 17.3. The van der Waals surface area contributed by atoms with E-state index in [0.29, 0.717) is 17.3 Å². The molecule has 0 bridgehead atoms. The highest BCUT2D eigenvalue weighted by Gasteiger charge is 2.19. The van der Waals surface area contributed by atoms with Crippen LogP contribution < -0.4 is 10.1 Å². The first-order valence-corrected chi connectivity index (χ1v) is 7.20. The summed E-state index contributed by atoms with van der Waals surface area (Å²) < 4.78 is 21.9. The van der Waals surface area contributed by atoms with Crippen LogP contribution >= 0.6 is 0 Å². The summed E-state index contributed by atoms with van der Waals surface area (Å²) in [6, 6.07) is 7.72. The Morgan fingerprint density at radius 1 is 1.25 bits per heavy atom. The van der Waals surface area contributed by atoms with Gasteiger partial charge in [0.15, 0.2) is 5.69 Å². The fourth-order valence-corrected chi connectivity index (χ4v) is 2.41. The maximum atomic E-state index is 13.8. The molecule has 2 aromatic heterocycles. The monoisotopic (exact) mass is 329 g/mol. The summed E-state index contributed by atoms with van der Waals surface area (Å²) in [6.07, 6.45) is 1.53. The number of methoxy groups -OCH3 is 1. The first kappa shape index (κ1) is 15.7. The minimum absolute atomic E-state index is 0.156. The van der Waals surface area contributed by atoms with E-state index in [1.165, 1.54) is 34.8 Å². The molecule has 0 aliphatic carbocycles. The number of hydrogen-bond acceptors (Lipinski definition) is 4. The zero-order valence-corrected chi connectivity index (χ0v) is 13.4. The predicted molar refractivity (Wildman–Crippen MR) is 86.0 cm³/mol. The van der Waals surface area contributed by atoms with Gasteiger partial charge in [0.2, 0.25) is 5.88 Å². The highest BCUT2D eigenvalue weighted by molar-refractivity contribution is 6.03. The number of carbonyl (C=O) groups is 1. The van der Waals surface area contributed by atoms with Crippen LogP contribution in [0.25, 0.3) is 5.69 Å². The van der Waals surface area contributed by atoms with Gasteiger partial charge in [-0.1, -0.05) is 12.1 Å². The maximum absolute atomic E-state index is 13.8. The van der Waals surface area contributed by atoms with E-state index >= 15 is 0 Å². The predicted octanol–water partition coefficient (Wildman–Crippen LogP) is 2.31. The molecule has 2 heterocycles. The lowest BCUT2D eigenvalue weighted by Gasteiger charge is -2.06. The molecule has 0 spiro atoms. The number of hydrogen-bond donors (Lipinski definition) is 1. The third-order valence-corrected chi connectivity index (χ3v) is 3.52. The molecule has 1 N–H and O–H groups in total. The highest BCUT2D eigenvalue weighted by Crippen LogP contribution is 2.27. The van der Waals surface area contributed by atoms with Gasteiger partial charge in [-0.3, -0.25) is 4.79 Å². The van der Waals surface area contributed by atoms with Gasteiger partial charge in [0, 0.05) is 13.2 Å². The Balaban J connectivity index is 1.86. The van der Waals surface area contributed by atoms with E-state index in [9.17, 15) is 9.18 Å². The van der Waals surface area contributed by atoms with Crippen molar-refractivity contribution in [1.82, 2.24) is 19.6 Å². The average molecular weight is 329 g/mol. The summed E-state index contributed by atoms with van der Waals surface area (Å²) >= 11 is 0. The number of aromatic nitrogens is 4. The summed E-state index contributed by atoms with van der Waals surface area (Å²) in [7, 11) is 3.22. The molecule has 7 nitrogen and oxygen atoms in total. The SMILES string of the molecule is COc1c(NC(=O)c2ccn(-c3ccccc3F)n2)c(C)nn1C. The summed E-state index contributed by atoms with van der Waals surface area (Å²) in [5, 5.41) is 11.1. The van der Waals surface area contributed by atoms with E-state index in [1.54, 1.807) is 32.2 Å². The van der Waals surface area contributed by atoms with E-state index in [4.69, 9.17) is 4.74 Å². The van der Waals surface area contributed by atoms with Crippen LogP contribution in [0.4, 0.5) is 10.1 Å². The molecule has 0 aliphatic heterocycles. The lowest BCUT2D eigenvalue weighted by atomic mass is 10.3. The molecule has 1 amide bonds. The van der Waals surface area contributed by atoms with Crippen molar-refractivity contribution < 1.29 is 13.9 Å². The van der Waals surface area contributed by atoms with Gasteiger partial charge in [-0.25, -0.2) is 13.8 Å². The second-order valence-corrected chi connectivity index (χ2v) is 5.14. The first-order chi connectivity index (χ1) is 11.5. The van der Waals surface area contributed by atoms with Crippen molar-refractivity contribution in [2.75, 3.05) is 12.4 Å². The van der Waals surface area contributed by atoms with Crippen LogP contribution in [-0.2, 0) is 7.05 Å². The molecular formula is C16H16FN5O2. The fourth-order valence-electron chi connectivity index (χ4n) is 2.41. The average Bonchev–Trinajstić information content (AvgIpc) is 3.13. The Morgan fingerprint density at radius 3 is 2.71 bits per heavy atom. The van der Waals surface area contributed by atoms with Crippen molar-refractivity contribution in [1.29, 1.82) is 0 Å². The summed E-state index contributed by atoms with van der Waals surface area (Å²) in [6.45, 7) is 1.76. The number of carbonyl (C=O) groups excluding carboxylic acids is 1. The third kappa shape index (κ3) is 2.73. The van der Waals surface area contributed by atoms with Crippen molar-refractivity contribution >= 4 is 11.6 Å². The van der Waals surface area contributed by atoms with E-state index in [0.717, 1.165) is 0 Å². The number of benzene rings is 1. The fraction of sp³-hybridized carbons (Fsp3) is 0.188. The molecule has 0 unspecified atom stereocenters. The van der Waals surface area contributed by atoms with Crippen LogP contribution in [0.3, 0.4) is 0 Å². The molecule has 0 aliphatic rings. The number of rotatable bonds is 4. The van der Waals surface area contributed by atoms with Crippen LogP contribution in [0, 0.1) is 12.7 Å². The van der Waals surface area contributed by atoms with Gasteiger partial charge in [-0.2, -0.15) is 10.2 Å². The van der Waals surface area contributed by atoms with Gasteiger partial charge in [-0.15, -0.1) is 0 Å². The molecule has 0 fully saturated rings. The van der Waals surface area contributed by atoms with Gasteiger partial charge in [0.05, 0.1) is 12.8 Å². The van der Waals surface area contributed by atoms with Gasteiger partial charge in [-0.05, 0) is 25.1 Å². The van der Waals surface area contributed by atoms with E-state index < -0.39 is 11.7 Å². The minimum atomic E-state index is -0.431. The van der Waals surface area contributed by atoms with E-state index in [2.05, 4.69) is 15.5 Å². The number of ether oxygens (including phenoxy) is 1. The largest absolute Gasteiger partial charge is 0.480 e. The lowest BCUT2D eigenvalue weighted by Crippen LogP contribution is -2.14. The number of aryl methyl sites for hydroxylation is 2. The molecule has 3 aromatic rings. The van der Waals surface area contributed by atoms with Crippen molar-refractivity contribution in [3.8, 4) is 11.6 Å². The van der Waals surface area contributed by atoms with Crippen LogP contribution in [0.5, 0.6) is 5.88 Å². The summed E-state index contributed by atoms with van der Waals surface area (Å²) in [5.74, 6) is -0.411. The molecule has 0 radical (unpaired) electrons. The van der Waals surface area contributed by atoms with Crippen molar-refractivity contribution in [2.45, 2.75) is 6.92 Å². The highest BCUT2D eigenvalue weighted by atomic mass is 19.1. The molecule has 0 atom stereocenters. The topological polar surface area (TPSA) is 74.0 Å². The van der Waals surface area contributed by atoms with Crippen molar-refractivity contribution in [2.24, 2.45) is 7.05 Å². The van der Waals surface area contributed by atoms with Crippen LogP contribution in [0.15, 0.2) is 36.5 Å². The standard InChI is InChI=1S/C16H16FN5O2/c1-10-14(16(24-3)21(2)19-10)18-15(23)12-8-9-22(20-12)13-7-5-4-6-11(13)17/h4-9H,1-3H3,(H,18,23). The maximum Gasteiger partial charge on any atom is 0.276 e. The third-order valence-electron chi connectivity index (χ3n) is 3.52. The number of para-hydroxylation sites is 1. The lowest BCUT2D eigenvalue weighted by molar-refractivity contribution is 0.102. The van der Waals surface area contributed by atoms with Crippen LogP contribution in [0.2, 0.25) is 0 Å². The Kier molecular flexibility index (Phi) is 4.03. The molecule has 0 saturated carbocycles. The van der Waals surface area contributed by atoms with Gasteiger partial charge in [0.1, 0.15) is 17.2 Å². The van der Waals surface area contributed by atoms with E-state index in [1.807, 2.05) is 0 Å². The number of anilines is 1. The molecule has 3 rings (SSSR count). The summed E-state index contributed by atoms with van der Waals surface area (Å²) in [4.78, 5) is 12.4. The normalized spacial score (nSPS) is 10.7. The molecule has 0 saturated heterocycles. The second-order valence-electron chi connectivity index (χ2n) is 5.14.